The molecule has 0 spiro atoms. The first-order valence-electron chi connectivity index (χ1n) is 6.97. The average molecular weight is 253 g/mol. The van der Waals surface area contributed by atoms with Crippen LogP contribution in [0.4, 0.5) is 0 Å². The zero-order valence-corrected chi connectivity index (χ0v) is 11.6. The molecule has 2 aromatic rings. The van der Waals surface area contributed by atoms with Gasteiger partial charge >= 0.3 is 0 Å². The van der Waals surface area contributed by atoms with Crippen LogP contribution in [0.3, 0.4) is 0 Å². The molecule has 0 unspecified atom stereocenters. The molecule has 1 aliphatic rings. The largest absolute Gasteiger partial charge is 0.317 e. The molecule has 2 heteroatoms. The van der Waals surface area contributed by atoms with E-state index in [-0.39, 0.29) is 0 Å². The van der Waals surface area contributed by atoms with Crippen molar-refractivity contribution in [2.75, 3.05) is 0 Å². The van der Waals surface area contributed by atoms with Gasteiger partial charge < -0.3 is 4.57 Å². The fraction of sp³-hybridized carbons (Fsp3) is 0.353. The number of aromatic nitrogens is 1. The lowest BCUT2D eigenvalue weighted by molar-refractivity contribution is 0.112. The van der Waals surface area contributed by atoms with Crippen molar-refractivity contribution in [3.05, 3.63) is 52.3 Å². The standard InChI is InChI=1S/C17H19NO/c1-12-10-15(11-19)13(2)18(12)17-9-5-7-14-6-3-4-8-16(14)17/h5,7,9-11H,3-4,6,8H2,1-2H3. The van der Waals surface area contributed by atoms with Crippen molar-refractivity contribution in [1.29, 1.82) is 0 Å². The third-order valence-electron chi connectivity index (χ3n) is 4.21. The summed E-state index contributed by atoms with van der Waals surface area (Å²) in [6.07, 6.45) is 5.85. The SMILES string of the molecule is Cc1cc(C=O)c(C)n1-c1cccc2c1CCCC2. The Labute approximate surface area is 114 Å². The molecule has 0 N–H and O–H groups in total. The van der Waals surface area contributed by atoms with E-state index in [9.17, 15) is 4.79 Å². The van der Waals surface area contributed by atoms with Gasteiger partial charge in [-0.25, -0.2) is 0 Å². The number of aryl methyl sites for hydroxylation is 2. The molecule has 0 saturated carbocycles. The van der Waals surface area contributed by atoms with Crippen molar-refractivity contribution in [3.8, 4) is 5.69 Å². The quantitative estimate of drug-likeness (QED) is 0.746. The molecule has 3 rings (SSSR count). The molecule has 0 bridgehead atoms. The van der Waals surface area contributed by atoms with Crippen molar-refractivity contribution in [2.45, 2.75) is 39.5 Å². The lowest BCUT2D eigenvalue weighted by atomic mass is 9.90. The number of carbonyl (C=O) groups excluding carboxylic acids is 1. The maximum atomic E-state index is 11.1. The summed E-state index contributed by atoms with van der Waals surface area (Å²) in [5, 5.41) is 0. The number of aldehydes is 1. The van der Waals surface area contributed by atoms with Crippen molar-refractivity contribution in [2.24, 2.45) is 0 Å². The normalized spacial score (nSPS) is 14.2. The number of hydrogen-bond donors (Lipinski definition) is 0. The smallest absolute Gasteiger partial charge is 0.151 e. The molecule has 0 aliphatic heterocycles. The van der Waals surface area contributed by atoms with Crippen LogP contribution in [-0.2, 0) is 12.8 Å². The molecule has 2 nitrogen and oxygen atoms in total. The Morgan fingerprint density at radius 1 is 1.16 bits per heavy atom. The third kappa shape index (κ3) is 1.92. The molecule has 0 amide bonds. The van der Waals surface area contributed by atoms with Crippen LogP contribution in [0, 0.1) is 13.8 Å². The minimum Gasteiger partial charge on any atom is -0.317 e. The molecular weight excluding hydrogens is 234 g/mol. The Bertz CT molecular complexity index is 637. The van der Waals surface area contributed by atoms with Crippen molar-refractivity contribution < 1.29 is 4.79 Å². The fourth-order valence-electron chi connectivity index (χ4n) is 3.25. The molecule has 0 fully saturated rings. The minimum atomic E-state index is 0.797. The van der Waals surface area contributed by atoms with Gasteiger partial charge in [0.25, 0.3) is 0 Å². The van der Waals surface area contributed by atoms with E-state index < -0.39 is 0 Å². The molecule has 0 radical (unpaired) electrons. The van der Waals surface area contributed by atoms with E-state index >= 15 is 0 Å². The van der Waals surface area contributed by atoms with Crippen LogP contribution in [0.1, 0.15) is 45.7 Å². The summed E-state index contributed by atoms with van der Waals surface area (Å²) in [6, 6.07) is 8.54. The Balaban J connectivity index is 2.23. The number of hydrogen-bond acceptors (Lipinski definition) is 1. The Morgan fingerprint density at radius 3 is 2.68 bits per heavy atom. The molecule has 1 aliphatic carbocycles. The zero-order valence-electron chi connectivity index (χ0n) is 11.6. The molecule has 0 saturated heterocycles. The number of fused-ring (bicyclic) bond motifs is 1. The highest BCUT2D eigenvalue weighted by molar-refractivity contribution is 5.78. The first kappa shape index (κ1) is 12.2. The lowest BCUT2D eigenvalue weighted by Gasteiger charge is -2.21. The van der Waals surface area contributed by atoms with Crippen LogP contribution in [0.5, 0.6) is 0 Å². The zero-order chi connectivity index (χ0) is 13.4. The third-order valence-corrected chi connectivity index (χ3v) is 4.21. The van der Waals surface area contributed by atoms with Gasteiger partial charge in [-0.15, -0.1) is 0 Å². The van der Waals surface area contributed by atoms with E-state index in [2.05, 4.69) is 29.7 Å². The van der Waals surface area contributed by atoms with Crippen molar-refractivity contribution >= 4 is 6.29 Å². The van der Waals surface area contributed by atoms with Gasteiger partial charge in [0, 0.05) is 22.6 Å². The van der Waals surface area contributed by atoms with Gasteiger partial charge in [0.1, 0.15) is 0 Å². The van der Waals surface area contributed by atoms with E-state index in [0.717, 1.165) is 29.7 Å². The fourth-order valence-corrected chi connectivity index (χ4v) is 3.25. The molecule has 1 heterocycles. The Kier molecular flexibility index (Phi) is 3.02. The number of carbonyl (C=O) groups is 1. The van der Waals surface area contributed by atoms with Gasteiger partial charge in [0.05, 0.1) is 0 Å². The first-order valence-corrected chi connectivity index (χ1v) is 6.97. The van der Waals surface area contributed by atoms with Crippen LogP contribution in [0.2, 0.25) is 0 Å². The van der Waals surface area contributed by atoms with Crippen molar-refractivity contribution in [3.63, 3.8) is 0 Å². The summed E-state index contributed by atoms with van der Waals surface area (Å²) in [7, 11) is 0. The molecule has 19 heavy (non-hydrogen) atoms. The molecule has 1 aromatic heterocycles. The molecule has 1 aromatic carbocycles. The number of nitrogens with zero attached hydrogens (tertiary/aromatic N) is 1. The van der Waals surface area contributed by atoms with E-state index in [0.29, 0.717) is 0 Å². The van der Waals surface area contributed by atoms with Gasteiger partial charge in [-0.2, -0.15) is 0 Å². The second-order valence-corrected chi connectivity index (χ2v) is 5.40. The lowest BCUT2D eigenvalue weighted by Crippen LogP contribution is -2.10. The predicted molar refractivity (Wildman–Crippen MR) is 77.3 cm³/mol. The summed E-state index contributed by atoms with van der Waals surface area (Å²) >= 11 is 0. The number of benzene rings is 1. The Morgan fingerprint density at radius 2 is 1.95 bits per heavy atom. The van der Waals surface area contributed by atoms with Gasteiger partial charge in [-0.1, -0.05) is 12.1 Å². The Hall–Kier alpha value is -1.83. The van der Waals surface area contributed by atoms with Crippen LogP contribution in [0.25, 0.3) is 5.69 Å². The summed E-state index contributed by atoms with van der Waals surface area (Å²) in [6.45, 7) is 4.10. The van der Waals surface area contributed by atoms with Gasteiger partial charge in [0.2, 0.25) is 0 Å². The van der Waals surface area contributed by atoms with E-state index in [1.165, 1.54) is 36.1 Å². The summed E-state index contributed by atoms with van der Waals surface area (Å²) in [4.78, 5) is 11.1. The van der Waals surface area contributed by atoms with Crippen LogP contribution >= 0.6 is 0 Å². The van der Waals surface area contributed by atoms with Crippen LogP contribution in [0.15, 0.2) is 24.3 Å². The molecular formula is C17H19NO. The second kappa shape index (κ2) is 4.69. The van der Waals surface area contributed by atoms with Gasteiger partial charge in [-0.05, 0) is 62.8 Å². The predicted octanol–water partition coefficient (Wildman–Crippen LogP) is 3.79. The van der Waals surface area contributed by atoms with Crippen LogP contribution in [-0.4, -0.2) is 10.9 Å². The van der Waals surface area contributed by atoms with E-state index in [4.69, 9.17) is 0 Å². The second-order valence-electron chi connectivity index (χ2n) is 5.40. The average Bonchev–Trinajstić information content (AvgIpc) is 2.73. The summed E-state index contributed by atoms with van der Waals surface area (Å²) in [5.41, 5.74) is 7.19. The summed E-state index contributed by atoms with van der Waals surface area (Å²) < 4.78 is 2.23. The topological polar surface area (TPSA) is 22.0 Å². The molecule has 98 valence electrons. The summed E-state index contributed by atoms with van der Waals surface area (Å²) in [5.74, 6) is 0. The van der Waals surface area contributed by atoms with Gasteiger partial charge in [-0.3, -0.25) is 4.79 Å². The monoisotopic (exact) mass is 253 g/mol. The highest BCUT2D eigenvalue weighted by Crippen LogP contribution is 2.29. The minimum absolute atomic E-state index is 0.797. The maximum Gasteiger partial charge on any atom is 0.151 e. The highest BCUT2D eigenvalue weighted by Gasteiger charge is 2.17. The first-order chi connectivity index (χ1) is 9.22. The molecule has 0 atom stereocenters. The number of rotatable bonds is 2. The highest BCUT2D eigenvalue weighted by atomic mass is 16.1. The van der Waals surface area contributed by atoms with Gasteiger partial charge in [0.15, 0.2) is 6.29 Å². The van der Waals surface area contributed by atoms with Crippen LogP contribution < -0.4 is 0 Å². The van der Waals surface area contributed by atoms with E-state index in [1.807, 2.05) is 13.0 Å². The van der Waals surface area contributed by atoms with Crippen molar-refractivity contribution in [1.82, 2.24) is 4.57 Å². The maximum absolute atomic E-state index is 11.1. The van der Waals surface area contributed by atoms with E-state index in [1.54, 1.807) is 0 Å².